The van der Waals surface area contributed by atoms with Gasteiger partial charge in [0.05, 0.1) is 18.7 Å². The first-order valence-corrected chi connectivity index (χ1v) is 17.1. The minimum Gasteiger partial charge on any atom is -0.434 e. The zero-order valence-electron chi connectivity index (χ0n) is 29.5. The van der Waals surface area contributed by atoms with E-state index in [-0.39, 0.29) is 30.9 Å². The molecular weight excluding hydrogens is 606 g/mol. The monoisotopic (exact) mass is 663 g/mol. The largest absolute Gasteiger partial charge is 0.508 e. The lowest BCUT2D eigenvalue weighted by Gasteiger charge is -2.38. The van der Waals surface area contributed by atoms with Crippen LogP contribution in [0, 0.1) is 34.5 Å². The van der Waals surface area contributed by atoms with Gasteiger partial charge in [0.15, 0.2) is 0 Å². The molecule has 0 spiro atoms. The van der Waals surface area contributed by atoms with Crippen LogP contribution in [0.4, 0.5) is 9.59 Å². The highest BCUT2D eigenvalue weighted by Gasteiger charge is 2.48. The molecule has 1 saturated heterocycles. The molecule has 1 heterocycles. The van der Waals surface area contributed by atoms with E-state index in [2.05, 4.69) is 16.0 Å². The number of Topliss-reactive ketones (excluding diaryl/α,β-unsaturated/α-hetero) is 1. The van der Waals surface area contributed by atoms with E-state index in [1.807, 2.05) is 55.4 Å². The van der Waals surface area contributed by atoms with Gasteiger partial charge < -0.3 is 36.1 Å². The number of ketones is 1. The number of nitrogens with one attached hydrogen (secondary N) is 3. The van der Waals surface area contributed by atoms with Crippen molar-refractivity contribution in [3.63, 3.8) is 0 Å². The maximum Gasteiger partial charge on any atom is 0.508 e. The third-order valence-electron chi connectivity index (χ3n) is 9.76. The molecule has 13 nitrogen and oxygen atoms in total. The van der Waals surface area contributed by atoms with Gasteiger partial charge in [-0.25, -0.2) is 9.59 Å². The van der Waals surface area contributed by atoms with Gasteiger partial charge in [-0.05, 0) is 60.2 Å². The number of rotatable bonds is 14. The zero-order valence-corrected chi connectivity index (χ0v) is 29.5. The number of nitrogens with two attached hydrogens (primary N) is 1. The van der Waals surface area contributed by atoms with E-state index >= 15 is 0 Å². The third-order valence-corrected chi connectivity index (χ3v) is 9.76. The fourth-order valence-corrected chi connectivity index (χ4v) is 6.14. The van der Waals surface area contributed by atoms with Gasteiger partial charge in [0, 0.05) is 6.54 Å². The summed E-state index contributed by atoms with van der Waals surface area (Å²) in [7, 11) is 0. The topological polar surface area (TPSA) is 186 Å². The first kappa shape index (κ1) is 38.1. The molecule has 2 unspecified atom stereocenters. The normalized spacial score (nSPS) is 22.0. The number of primary amides is 1. The predicted molar refractivity (Wildman–Crippen MR) is 175 cm³/mol. The average molecular weight is 664 g/mol. The van der Waals surface area contributed by atoms with E-state index in [0.29, 0.717) is 25.4 Å². The SMILES string of the molecule is CC(C)C1CCN(C(=O)[C@@H](NC(=O)N[C@H](COC(=O)OCC2CC2)C(C)(C)C)C(C)(C)C)[C@@H]1C(=O)NC(CC1CCC1)C(=O)C(N)=O. The van der Waals surface area contributed by atoms with Crippen LogP contribution in [0.5, 0.6) is 0 Å². The Bertz CT molecular complexity index is 1170. The molecule has 2 saturated carbocycles. The van der Waals surface area contributed by atoms with Crippen LogP contribution in [-0.4, -0.2) is 84.5 Å². The molecule has 13 heteroatoms. The van der Waals surface area contributed by atoms with Crippen molar-refractivity contribution in [1.82, 2.24) is 20.9 Å². The van der Waals surface area contributed by atoms with Crippen LogP contribution in [0.2, 0.25) is 0 Å². The number of carbonyl (C=O) groups is 6. The van der Waals surface area contributed by atoms with Crippen LogP contribution >= 0.6 is 0 Å². The van der Waals surface area contributed by atoms with Gasteiger partial charge in [-0.1, -0.05) is 74.7 Å². The summed E-state index contributed by atoms with van der Waals surface area (Å²) in [6, 6.07) is -4.20. The van der Waals surface area contributed by atoms with Crippen molar-refractivity contribution in [2.75, 3.05) is 19.8 Å². The smallest absolute Gasteiger partial charge is 0.434 e. The lowest BCUT2D eigenvalue weighted by Crippen LogP contribution is -2.62. The van der Waals surface area contributed by atoms with Crippen LogP contribution in [0.3, 0.4) is 0 Å². The number of ether oxygens (including phenoxy) is 2. The van der Waals surface area contributed by atoms with E-state index in [1.54, 1.807) is 0 Å². The van der Waals surface area contributed by atoms with Crippen LogP contribution in [0.1, 0.15) is 100 Å². The molecule has 3 rings (SSSR count). The summed E-state index contributed by atoms with van der Waals surface area (Å²) in [6.07, 6.45) is 5.01. The minimum absolute atomic E-state index is 0.0355. The Kier molecular flexibility index (Phi) is 12.7. The second kappa shape index (κ2) is 15.7. The molecule has 0 bridgehead atoms. The highest BCUT2D eigenvalue weighted by Crippen LogP contribution is 2.35. The second-order valence-electron chi connectivity index (χ2n) is 16.1. The Morgan fingerprint density at radius 3 is 1.96 bits per heavy atom. The van der Waals surface area contributed by atoms with Crippen molar-refractivity contribution in [3.8, 4) is 0 Å². The molecule has 266 valence electrons. The molecule has 0 aromatic rings. The maximum absolute atomic E-state index is 14.3. The van der Waals surface area contributed by atoms with E-state index < -0.39 is 70.7 Å². The van der Waals surface area contributed by atoms with E-state index in [1.165, 1.54) is 4.90 Å². The number of likely N-dealkylation sites (tertiary alicyclic amines) is 1. The highest BCUT2D eigenvalue weighted by molar-refractivity contribution is 6.37. The van der Waals surface area contributed by atoms with Crippen molar-refractivity contribution >= 4 is 35.7 Å². The quantitative estimate of drug-likeness (QED) is 0.161. The van der Waals surface area contributed by atoms with E-state index in [0.717, 1.165) is 32.1 Å². The molecule has 3 fully saturated rings. The third kappa shape index (κ3) is 10.8. The molecule has 5 amide bonds. The summed E-state index contributed by atoms with van der Waals surface area (Å²) in [6.45, 7) is 15.6. The van der Waals surface area contributed by atoms with E-state index in [9.17, 15) is 28.8 Å². The van der Waals surface area contributed by atoms with Crippen molar-refractivity contribution in [3.05, 3.63) is 0 Å². The summed E-state index contributed by atoms with van der Waals surface area (Å²) in [5.74, 6) is -2.45. The number of urea groups is 1. The van der Waals surface area contributed by atoms with Crippen LogP contribution in [0.25, 0.3) is 0 Å². The second-order valence-corrected chi connectivity index (χ2v) is 16.1. The zero-order chi connectivity index (χ0) is 35.3. The lowest BCUT2D eigenvalue weighted by atomic mass is 9.80. The van der Waals surface area contributed by atoms with Crippen molar-refractivity contribution in [2.45, 2.75) is 125 Å². The summed E-state index contributed by atoms with van der Waals surface area (Å²) < 4.78 is 10.5. The number of hydrogen-bond donors (Lipinski definition) is 4. The standard InChI is InChI=1S/C34H57N5O8/c1-19(2)22-14-15-39(25(22)29(42)36-23(26(40)28(35)41)16-20-10-9-11-20)30(43)27(34(6,7)8)38-31(44)37-24(33(3,4)5)18-47-32(45)46-17-21-12-13-21/h19-25,27H,9-18H2,1-8H3,(H2,35,41)(H,36,42)(H2,37,38,44)/t22?,23?,24-,25+,27-/m1/s1. The molecule has 0 radical (unpaired) electrons. The molecule has 47 heavy (non-hydrogen) atoms. The number of carbonyl (C=O) groups excluding carboxylic acids is 6. The van der Waals surface area contributed by atoms with Crippen molar-refractivity contribution in [1.29, 1.82) is 0 Å². The Labute approximate surface area is 279 Å². The summed E-state index contributed by atoms with van der Waals surface area (Å²) >= 11 is 0. The number of hydrogen-bond acceptors (Lipinski definition) is 8. The fourth-order valence-electron chi connectivity index (χ4n) is 6.14. The molecule has 2 aliphatic carbocycles. The Morgan fingerprint density at radius 2 is 1.47 bits per heavy atom. The molecule has 5 atom stereocenters. The molecule has 5 N–H and O–H groups in total. The predicted octanol–water partition coefficient (Wildman–Crippen LogP) is 3.28. The molecule has 0 aromatic carbocycles. The summed E-state index contributed by atoms with van der Waals surface area (Å²) in [5.41, 5.74) is 4.07. The molecule has 1 aliphatic heterocycles. The van der Waals surface area contributed by atoms with Crippen LogP contribution < -0.4 is 21.7 Å². The van der Waals surface area contributed by atoms with Gasteiger partial charge in [0.1, 0.15) is 18.7 Å². The van der Waals surface area contributed by atoms with Gasteiger partial charge in [-0.15, -0.1) is 0 Å². The van der Waals surface area contributed by atoms with Gasteiger partial charge in [0.25, 0.3) is 5.91 Å². The van der Waals surface area contributed by atoms with Gasteiger partial charge >= 0.3 is 12.2 Å². The summed E-state index contributed by atoms with van der Waals surface area (Å²) in [5, 5.41) is 8.47. The first-order chi connectivity index (χ1) is 21.8. The van der Waals surface area contributed by atoms with Crippen LogP contribution in [0.15, 0.2) is 0 Å². The maximum atomic E-state index is 14.3. The minimum atomic E-state index is -1.11. The Balaban J connectivity index is 1.75. The lowest BCUT2D eigenvalue weighted by molar-refractivity contribution is -0.144. The van der Waals surface area contributed by atoms with Crippen LogP contribution in [-0.2, 0) is 28.7 Å². The van der Waals surface area contributed by atoms with Gasteiger partial charge in [-0.3, -0.25) is 19.2 Å². The highest BCUT2D eigenvalue weighted by atomic mass is 16.7. The fraction of sp³-hybridized carbons (Fsp3) is 0.824. The van der Waals surface area contributed by atoms with Crippen molar-refractivity contribution in [2.24, 2.45) is 40.2 Å². The number of amides is 5. The first-order valence-electron chi connectivity index (χ1n) is 17.1. The molecule has 3 aliphatic rings. The molecular formula is C34H57N5O8. The summed E-state index contributed by atoms with van der Waals surface area (Å²) in [4.78, 5) is 79.7. The number of nitrogens with zero attached hydrogens (tertiary/aromatic N) is 1. The average Bonchev–Trinajstić information content (AvgIpc) is 3.66. The Morgan fingerprint density at radius 1 is 0.830 bits per heavy atom. The Hall–Kier alpha value is -3.38. The van der Waals surface area contributed by atoms with E-state index in [4.69, 9.17) is 15.2 Å². The molecule has 0 aromatic heterocycles. The van der Waals surface area contributed by atoms with Crippen molar-refractivity contribution < 1.29 is 38.2 Å². The van der Waals surface area contributed by atoms with Gasteiger partial charge in [-0.2, -0.15) is 0 Å². The van der Waals surface area contributed by atoms with Gasteiger partial charge in [0.2, 0.25) is 17.6 Å².